The van der Waals surface area contributed by atoms with Crippen LogP contribution in [-0.2, 0) is 16.2 Å². The molecular weight excluding hydrogens is 465 g/mol. The second kappa shape index (κ2) is 11.9. The summed E-state index contributed by atoms with van der Waals surface area (Å²) in [5, 5.41) is 7.29. The van der Waals surface area contributed by atoms with E-state index in [4.69, 9.17) is 32.7 Å². The molecule has 3 aromatic rings. The van der Waals surface area contributed by atoms with Crippen LogP contribution in [0.5, 0.6) is 11.5 Å². The number of carbonyl (C=O) groups excluding carboxylic acids is 2. The molecule has 0 heterocycles. The molecule has 0 aliphatic carbocycles. The van der Waals surface area contributed by atoms with E-state index in [1.165, 1.54) is 6.21 Å². The zero-order valence-electron chi connectivity index (χ0n) is 17.7. The smallest absolute Gasteiger partial charge is 0.329 e. The van der Waals surface area contributed by atoms with Gasteiger partial charge in [0.05, 0.1) is 28.6 Å². The Morgan fingerprint density at radius 3 is 2.39 bits per heavy atom. The number of amides is 2. The lowest BCUT2D eigenvalue weighted by Crippen LogP contribution is -2.32. The average molecular weight is 486 g/mol. The van der Waals surface area contributed by atoms with Crippen LogP contribution in [0.2, 0.25) is 10.0 Å². The Morgan fingerprint density at radius 1 is 0.909 bits per heavy atom. The summed E-state index contributed by atoms with van der Waals surface area (Å²) in [6.07, 6.45) is 1.39. The minimum Gasteiger partial charge on any atom is -0.492 e. The summed E-state index contributed by atoms with van der Waals surface area (Å²) < 4.78 is 11.3. The van der Waals surface area contributed by atoms with E-state index in [1.54, 1.807) is 54.6 Å². The molecule has 0 fully saturated rings. The van der Waals surface area contributed by atoms with Crippen molar-refractivity contribution in [2.75, 3.05) is 11.9 Å². The van der Waals surface area contributed by atoms with Gasteiger partial charge >= 0.3 is 11.8 Å². The zero-order valence-corrected chi connectivity index (χ0v) is 19.2. The van der Waals surface area contributed by atoms with Gasteiger partial charge in [-0.15, -0.1) is 0 Å². The van der Waals surface area contributed by atoms with E-state index in [9.17, 15) is 9.59 Å². The van der Waals surface area contributed by atoms with Crippen molar-refractivity contribution >= 4 is 46.9 Å². The average Bonchev–Trinajstić information content (AvgIpc) is 2.82. The number of nitrogens with zero attached hydrogens (tertiary/aromatic N) is 1. The molecule has 170 valence electrons. The van der Waals surface area contributed by atoms with E-state index < -0.39 is 11.8 Å². The number of hydrogen-bond acceptors (Lipinski definition) is 5. The molecule has 0 aliphatic heterocycles. The second-order valence-electron chi connectivity index (χ2n) is 6.66. The molecule has 0 saturated heterocycles. The first-order valence-electron chi connectivity index (χ1n) is 10.00. The summed E-state index contributed by atoms with van der Waals surface area (Å²) in [4.78, 5) is 24.3. The number of rotatable bonds is 8. The maximum atomic E-state index is 12.2. The predicted molar refractivity (Wildman–Crippen MR) is 129 cm³/mol. The number of halogens is 2. The lowest BCUT2D eigenvalue weighted by atomic mass is 10.2. The van der Waals surface area contributed by atoms with Gasteiger partial charge in [0.25, 0.3) is 0 Å². The van der Waals surface area contributed by atoms with Crippen LogP contribution in [0.3, 0.4) is 0 Å². The molecule has 2 amide bonds. The quantitative estimate of drug-likeness (QED) is 0.265. The molecule has 0 unspecified atom stereocenters. The van der Waals surface area contributed by atoms with Gasteiger partial charge in [0, 0.05) is 5.56 Å². The van der Waals surface area contributed by atoms with Gasteiger partial charge in [0.2, 0.25) is 0 Å². The van der Waals surface area contributed by atoms with Gasteiger partial charge in [-0.2, -0.15) is 5.10 Å². The van der Waals surface area contributed by atoms with Crippen LogP contribution in [-0.4, -0.2) is 24.6 Å². The number of carbonyl (C=O) groups is 2. The molecule has 0 spiro atoms. The van der Waals surface area contributed by atoms with Crippen molar-refractivity contribution in [3.63, 3.8) is 0 Å². The van der Waals surface area contributed by atoms with Crippen molar-refractivity contribution in [2.24, 2.45) is 5.10 Å². The van der Waals surface area contributed by atoms with Crippen LogP contribution in [0.15, 0.2) is 71.8 Å². The maximum absolute atomic E-state index is 12.2. The number of benzene rings is 3. The minimum absolute atomic E-state index is 0.260. The Hall–Kier alpha value is -3.55. The second-order valence-corrected chi connectivity index (χ2v) is 7.47. The van der Waals surface area contributed by atoms with Crippen molar-refractivity contribution in [1.82, 2.24) is 5.43 Å². The highest BCUT2D eigenvalue weighted by Crippen LogP contribution is 2.25. The first kappa shape index (κ1) is 24.1. The SMILES string of the molecule is CCOc1ccccc1NC(=O)C(=O)N/N=C\c1ccccc1OCc1ccc(Cl)c(Cl)c1. The van der Waals surface area contributed by atoms with Gasteiger partial charge in [-0.1, -0.05) is 53.5 Å². The van der Waals surface area contributed by atoms with Crippen LogP contribution in [0, 0.1) is 0 Å². The molecule has 0 radical (unpaired) electrons. The highest BCUT2D eigenvalue weighted by molar-refractivity contribution is 6.42. The maximum Gasteiger partial charge on any atom is 0.329 e. The van der Waals surface area contributed by atoms with E-state index in [0.717, 1.165) is 5.56 Å². The Bertz CT molecular complexity index is 1170. The fourth-order valence-electron chi connectivity index (χ4n) is 2.75. The third-order valence-electron chi connectivity index (χ3n) is 4.31. The van der Waals surface area contributed by atoms with E-state index in [0.29, 0.717) is 39.4 Å². The van der Waals surface area contributed by atoms with Crippen LogP contribution in [0.4, 0.5) is 5.69 Å². The monoisotopic (exact) mass is 485 g/mol. The fourth-order valence-corrected chi connectivity index (χ4v) is 3.07. The van der Waals surface area contributed by atoms with Gasteiger partial charge in [-0.05, 0) is 48.9 Å². The Kier molecular flexibility index (Phi) is 8.69. The largest absolute Gasteiger partial charge is 0.492 e. The molecule has 7 nitrogen and oxygen atoms in total. The number of para-hydroxylation sites is 3. The fraction of sp³-hybridized carbons (Fsp3) is 0.125. The molecule has 33 heavy (non-hydrogen) atoms. The van der Waals surface area contributed by atoms with Crippen LogP contribution in [0.1, 0.15) is 18.1 Å². The summed E-state index contributed by atoms with van der Waals surface area (Å²) in [7, 11) is 0. The molecule has 0 atom stereocenters. The highest BCUT2D eigenvalue weighted by atomic mass is 35.5. The van der Waals surface area contributed by atoms with Crippen molar-refractivity contribution < 1.29 is 19.1 Å². The van der Waals surface area contributed by atoms with Gasteiger partial charge in [0.1, 0.15) is 18.1 Å². The standard InChI is InChI=1S/C24H21Cl2N3O4/c1-2-32-22-10-6-4-8-20(22)28-23(30)24(31)29-27-14-17-7-3-5-9-21(17)33-15-16-11-12-18(25)19(26)13-16/h3-14H,2,15H2,1H3,(H,28,30)(H,29,31)/b27-14-. The molecule has 0 aromatic heterocycles. The van der Waals surface area contributed by atoms with Gasteiger partial charge in [-0.3, -0.25) is 9.59 Å². The summed E-state index contributed by atoms with van der Waals surface area (Å²) in [6, 6.07) is 19.2. The van der Waals surface area contributed by atoms with Crippen molar-refractivity contribution in [1.29, 1.82) is 0 Å². The zero-order chi connectivity index (χ0) is 23.6. The lowest BCUT2D eigenvalue weighted by molar-refractivity contribution is -0.136. The number of hydrogen-bond donors (Lipinski definition) is 2. The molecule has 3 aromatic carbocycles. The predicted octanol–water partition coefficient (Wildman–Crippen LogP) is 5.06. The topological polar surface area (TPSA) is 89.0 Å². The normalized spacial score (nSPS) is 10.6. The van der Waals surface area contributed by atoms with E-state index in [2.05, 4.69) is 15.8 Å². The summed E-state index contributed by atoms with van der Waals surface area (Å²) in [5.74, 6) is -0.787. The first-order valence-corrected chi connectivity index (χ1v) is 10.8. The number of hydrazone groups is 1. The number of nitrogens with one attached hydrogen (secondary N) is 2. The molecule has 3 rings (SSSR count). The van der Waals surface area contributed by atoms with Crippen LogP contribution >= 0.6 is 23.2 Å². The summed E-state index contributed by atoms with van der Waals surface area (Å²) in [6.45, 7) is 2.51. The molecule has 0 bridgehead atoms. The van der Waals surface area contributed by atoms with Gasteiger partial charge in [0.15, 0.2) is 0 Å². The summed E-state index contributed by atoms with van der Waals surface area (Å²) >= 11 is 12.0. The number of anilines is 1. The Labute approximate surface area is 201 Å². The van der Waals surface area contributed by atoms with Gasteiger partial charge in [-0.25, -0.2) is 5.43 Å². The van der Waals surface area contributed by atoms with Crippen molar-refractivity contribution in [2.45, 2.75) is 13.5 Å². The van der Waals surface area contributed by atoms with Crippen molar-refractivity contribution in [3.05, 3.63) is 87.9 Å². The van der Waals surface area contributed by atoms with E-state index in [-0.39, 0.29) is 6.61 Å². The third kappa shape index (κ3) is 6.97. The van der Waals surface area contributed by atoms with Crippen LogP contribution in [0.25, 0.3) is 0 Å². The first-order chi connectivity index (χ1) is 16.0. The van der Waals surface area contributed by atoms with Gasteiger partial charge < -0.3 is 14.8 Å². The van der Waals surface area contributed by atoms with E-state index >= 15 is 0 Å². The molecule has 9 heteroatoms. The summed E-state index contributed by atoms with van der Waals surface area (Å²) in [5.41, 5.74) is 4.05. The van der Waals surface area contributed by atoms with E-state index in [1.807, 2.05) is 19.1 Å². The Balaban J connectivity index is 1.59. The Morgan fingerprint density at radius 2 is 1.64 bits per heavy atom. The molecule has 0 saturated carbocycles. The third-order valence-corrected chi connectivity index (χ3v) is 5.05. The molecular formula is C24H21Cl2N3O4. The minimum atomic E-state index is -0.924. The molecule has 0 aliphatic rings. The number of ether oxygens (including phenoxy) is 2. The lowest BCUT2D eigenvalue weighted by Gasteiger charge is -2.10. The van der Waals surface area contributed by atoms with Crippen molar-refractivity contribution in [3.8, 4) is 11.5 Å². The molecule has 2 N–H and O–H groups in total. The van der Waals surface area contributed by atoms with Crippen LogP contribution < -0.4 is 20.2 Å². The highest BCUT2D eigenvalue weighted by Gasteiger charge is 2.15.